The van der Waals surface area contributed by atoms with E-state index in [2.05, 4.69) is 39.5 Å². The van der Waals surface area contributed by atoms with Crippen LogP contribution in [0.3, 0.4) is 0 Å². The van der Waals surface area contributed by atoms with Crippen molar-refractivity contribution < 1.29 is 0 Å². The van der Waals surface area contributed by atoms with Gasteiger partial charge >= 0.3 is 0 Å². The van der Waals surface area contributed by atoms with Gasteiger partial charge in [0, 0.05) is 12.1 Å². The summed E-state index contributed by atoms with van der Waals surface area (Å²) < 4.78 is 0. The summed E-state index contributed by atoms with van der Waals surface area (Å²) in [7, 11) is 0. The van der Waals surface area contributed by atoms with Crippen LogP contribution in [0.5, 0.6) is 0 Å². The van der Waals surface area contributed by atoms with Crippen molar-refractivity contribution in [2.45, 2.75) is 66.0 Å². The molecule has 1 saturated carbocycles. The first-order valence-electron chi connectivity index (χ1n) is 6.74. The summed E-state index contributed by atoms with van der Waals surface area (Å²) in [5.41, 5.74) is 0.747. The van der Waals surface area contributed by atoms with E-state index in [-0.39, 0.29) is 0 Å². The van der Waals surface area contributed by atoms with Crippen LogP contribution in [-0.2, 0) is 0 Å². The molecule has 1 aliphatic heterocycles. The fourth-order valence-electron chi connectivity index (χ4n) is 3.63. The maximum Gasteiger partial charge on any atom is 0.0178 e. The van der Waals surface area contributed by atoms with Crippen molar-refractivity contribution >= 4 is 0 Å². The number of likely N-dealkylation sites (tertiary alicyclic amines) is 1. The van der Waals surface area contributed by atoms with Gasteiger partial charge in [-0.15, -0.1) is 0 Å². The molecule has 15 heavy (non-hydrogen) atoms. The van der Waals surface area contributed by atoms with E-state index in [1.165, 1.54) is 25.8 Å². The summed E-state index contributed by atoms with van der Waals surface area (Å²) in [5.74, 6) is 1.62. The number of rotatable bonds is 3. The zero-order valence-corrected chi connectivity index (χ0v) is 11.1. The molecule has 1 nitrogen and oxygen atoms in total. The third-order valence-corrected chi connectivity index (χ3v) is 4.86. The molecule has 0 aromatic carbocycles. The molecule has 1 spiro atoms. The van der Waals surface area contributed by atoms with E-state index in [1.54, 1.807) is 0 Å². The van der Waals surface area contributed by atoms with E-state index >= 15 is 0 Å². The Labute approximate surface area is 95.2 Å². The van der Waals surface area contributed by atoms with Crippen LogP contribution in [0.25, 0.3) is 0 Å². The Morgan fingerprint density at radius 3 is 2.00 bits per heavy atom. The predicted molar refractivity (Wildman–Crippen MR) is 65.9 cm³/mol. The molecule has 1 saturated heterocycles. The third-order valence-electron chi connectivity index (χ3n) is 4.86. The van der Waals surface area contributed by atoms with Crippen LogP contribution in [0, 0.1) is 17.3 Å². The summed E-state index contributed by atoms with van der Waals surface area (Å²) in [5, 5.41) is 0. The maximum absolute atomic E-state index is 2.81. The van der Waals surface area contributed by atoms with Gasteiger partial charge in [-0.3, -0.25) is 4.90 Å². The van der Waals surface area contributed by atoms with Gasteiger partial charge in [-0.2, -0.15) is 0 Å². The van der Waals surface area contributed by atoms with Gasteiger partial charge in [0.25, 0.3) is 0 Å². The van der Waals surface area contributed by atoms with E-state index in [0.29, 0.717) is 0 Å². The van der Waals surface area contributed by atoms with E-state index in [0.717, 1.165) is 29.3 Å². The molecule has 0 amide bonds. The maximum atomic E-state index is 2.81. The lowest BCUT2D eigenvalue weighted by molar-refractivity contribution is 0.100. The normalized spacial score (nSPS) is 31.8. The van der Waals surface area contributed by atoms with E-state index in [1.807, 2.05) is 0 Å². The van der Waals surface area contributed by atoms with Gasteiger partial charge in [-0.25, -0.2) is 0 Å². The predicted octanol–water partition coefficient (Wildman–Crippen LogP) is 3.54. The summed E-state index contributed by atoms with van der Waals surface area (Å²) in [6.45, 7) is 13.3. The molecule has 0 aromatic rings. The minimum absolute atomic E-state index is 0.747. The minimum atomic E-state index is 0.747. The van der Waals surface area contributed by atoms with E-state index in [4.69, 9.17) is 0 Å². The lowest BCUT2D eigenvalue weighted by Crippen LogP contribution is -2.45. The Morgan fingerprint density at radius 1 is 1.00 bits per heavy atom. The van der Waals surface area contributed by atoms with Gasteiger partial charge in [0.05, 0.1) is 0 Å². The van der Waals surface area contributed by atoms with Gasteiger partial charge in [0.15, 0.2) is 0 Å². The van der Waals surface area contributed by atoms with Crippen molar-refractivity contribution in [1.82, 2.24) is 4.90 Å². The Hall–Kier alpha value is -0.0400. The molecule has 2 fully saturated rings. The first-order valence-corrected chi connectivity index (χ1v) is 6.74. The molecular formula is C14H27N. The van der Waals surface area contributed by atoms with Crippen molar-refractivity contribution in [3.63, 3.8) is 0 Å². The standard InChI is InChI=1S/C14H27N/c1-10(2)12(5)15-9-8-14(6-7-14)13(15)11(3)4/h10-13H,6-9H2,1-5H3. The zero-order chi connectivity index (χ0) is 11.2. The second-order valence-corrected chi connectivity index (χ2v) is 6.52. The highest BCUT2D eigenvalue weighted by Crippen LogP contribution is 2.59. The van der Waals surface area contributed by atoms with Gasteiger partial charge in [0.2, 0.25) is 0 Å². The van der Waals surface area contributed by atoms with Crippen LogP contribution in [0.15, 0.2) is 0 Å². The van der Waals surface area contributed by atoms with E-state index < -0.39 is 0 Å². The Kier molecular flexibility index (Phi) is 2.87. The minimum Gasteiger partial charge on any atom is -0.297 e. The lowest BCUT2D eigenvalue weighted by Gasteiger charge is -2.37. The van der Waals surface area contributed by atoms with Gasteiger partial charge < -0.3 is 0 Å². The van der Waals surface area contributed by atoms with Gasteiger partial charge in [0.1, 0.15) is 0 Å². The summed E-state index contributed by atoms with van der Waals surface area (Å²) in [4.78, 5) is 2.81. The van der Waals surface area contributed by atoms with E-state index in [9.17, 15) is 0 Å². The summed E-state index contributed by atoms with van der Waals surface area (Å²) in [6.07, 6.45) is 4.46. The Bertz CT molecular complexity index is 227. The molecule has 0 aromatic heterocycles. The largest absolute Gasteiger partial charge is 0.297 e. The van der Waals surface area contributed by atoms with Crippen LogP contribution >= 0.6 is 0 Å². The van der Waals surface area contributed by atoms with Crippen LogP contribution in [0.1, 0.15) is 53.9 Å². The topological polar surface area (TPSA) is 3.24 Å². The molecule has 2 rings (SSSR count). The molecule has 0 radical (unpaired) electrons. The Balaban J connectivity index is 2.12. The highest BCUT2D eigenvalue weighted by atomic mass is 15.2. The Morgan fingerprint density at radius 2 is 1.60 bits per heavy atom. The number of nitrogens with zero attached hydrogens (tertiary/aromatic N) is 1. The monoisotopic (exact) mass is 209 g/mol. The lowest BCUT2D eigenvalue weighted by atomic mass is 9.87. The first kappa shape index (κ1) is 11.4. The van der Waals surface area contributed by atoms with Crippen molar-refractivity contribution in [3.05, 3.63) is 0 Å². The number of hydrogen-bond donors (Lipinski definition) is 0. The molecule has 2 atom stereocenters. The summed E-state index contributed by atoms with van der Waals surface area (Å²) in [6, 6.07) is 1.63. The third kappa shape index (κ3) is 1.84. The second kappa shape index (κ2) is 3.76. The molecule has 0 N–H and O–H groups in total. The zero-order valence-electron chi connectivity index (χ0n) is 11.1. The fraction of sp³-hybridized carbons (Fsp3) is 1.00. The van der Waals surface area contributed by atoms with Crippen molar-refractivity contribution in [2.75, 3.05) is 6.54 Å². The SMILES string of the molecule is CC(C)C(C)N1CCC2(CC2)C1C(C)C. The molecule has 0 bridgehead atoms. The fourth-order valence-corrected chi connectivity index (χ4v) is 3.63. The molecular weight excluding hydrogens is 182 g/mol. The molecule has 2 unspecified atom stereocenters. The average Bonchev–Trinajstić information content (AvgIpc) is 2.77. The molecule has 88 valence electrons. The van der Waals surface area contributed by atoms with Gasteiger partial charge in [-0.05, 0) is 50.0 Å². The van der Waals surface area contributed by atoms with Crippen LogP contribution in [0.4, 0.5) is 0 Å². The number of hydrogen-bond acceptors (Lipinski definition) is 1. The van der Waals surface area contributed by atoms with Crippen molar-refractivity contribution in [1.29, 1.82) is 0 Å². The van der Waals surface area contributed by atoms with Crippen molar-refractivity contribution in [3.8, 4) is 0 Å². The molecule has 1 heterocycles. The van der Waals surface area contributed by atoms with Crippen LogP contribution < -0.4 is 0 Å². The van der Waals surface area contributed by atoms with Crippen LogP contribution in [0.2, 0.25) is 0 Å². The average molecular weight is 209 g/mol. The molecule has 1 aliphatic carbocycles. The summed E-state index contributed by atoms with van der Waals surface area (Å²) >= 11 is 0. The van der Waals surface area contributed by atoms with Crippen molar-refractivity contribution in [2.24, 2.45) is 17.3 Å². The molecule has 1 heteroatoms. The highest BCUT2D eigenvalue weighted by molar-refractivity contribution is 5.09. The highest BCUT2D eigenvalue weighted by Gasteiger charge is 2.56. The quantitative estimate of drug-likeness (QED) is 0.687. The molecule has 2 aliphatic rings. The van der Waals surface area contributed by atoms with Gasteiger partial charge in [-0.1, -0.05) is 27.7 Å². The van der Waals surface area contributed by atoms with Crippen LogP contribution in [-0.4, -0.2) is 23.5 Å². The second-order valence-electron chi connectivity index (χ2n) is 6.52. The smallest absolute Gasteiger partial charge is 0.0178 e. The first-order chi connectivity index (χ1) is 6.98.